The fraction of sp³-hybridized carbons (Fsp3) is 0.478. The first kappa shape index (κ1) is 30.0. The molecule has 2 fully saturated rings. The number of fused-ring (bicyclic) bond motifs is 5. The predicted molar refractivity (Wildman–Crippen MR) is 123 cm³/mol. The molecule has 2 aliphatic heterocycles. The van der Waals surface area contributed by atoms with Crippen molar-refractivity contribution in [3.8, 4) is 0 Å². The van der Waals surface area contributed by atoms with Crippen molar-refractivity contribution in [2.45, 2.75) is 56.3 Å². The summed E-state index contributed by atoms with van der Waals surface area (Å²) in [6.07, 6.45) is -7.33. The van der Waals surface area contributed by atoms with Gasteiger partial charge in [0.05, 0.1) is 17.2 Å². The number of hydrogen-bond acceptors (Lipinski definition) is 7. The summed E-state index contributed by atoms with van der Waals surface area (Å²) in [4.78, 5) is 43.7. The Balaban J connectivity index is 0.000000296. The number of hydrogen-bond donors (Lipinski definition) is 3. The van der Waals surface area contributed by atoms with Gasteiger partial charge in [0.15, 0.2) is 0 Å². The molecule has 2 atom stereocenters. The number of nitrogens with one attached hydrogen (secondary N) is 1. The van der Waals surface area contributed by atoms with Gasteiger partial charge in [-0.15, -0.1) is 0 Å². The number of carboxylic acid groups (broad SMARTS) is 1. The summed E-state index contributed by atoms with van der Waals surface area (Å²) in [5.74, 6) is -1.77. The number of nitrogens with two attached hydrogens (primary N) is 1. The molecular formula is C23H23F7N4O5. The van der Waals surface area contributed by atoms with Gasteiger partial charge in [-0.1, -0.05) is 0 Å². The van der Waals surface area contributed by atoms with Crippen molar-refractivity contribution in [1.82, 2.24) is 9.88 Å². The van der Waals surface area contributed by atoms with E-state index >= 15 is 4.39 Å². The van der Waals surface area contributed by atoms with E-state index in [0.717, 1.165) is 24.8 Å². The summed E-state index contributed by atoms with van der Waals surface area (Å²) in [6, 6.07) is 1.35. The molecule has 0 spiro atoms. The Kier molecular flexibility index (Phi) is 8.69. The first-order valence-electron chi connectivity index (χ1n) is 11.5. The first-order valence-corrected chi connectivity index (χ1v) is 11.5. The lowest BCUT2D eigenvalue weighted by Crippen LogP contribution is -2.44. The quantitative estimate of drug-likeness (QED) is 0.372. The molecule has 4 N–H and O–H groups in total. The van der Waals surface area contributed by atoms with E-state index in [1.54, 1.807) is 0 Å². The van der Waals surface area contributed by atoms with E-state index in [2.05, 4.69) is 5.32 Å². The Labute approximate surface area is 215 Å². The maximum atomic E-state index is 15.2. The minimum absolute atomic E-state index is 0.0117. The van der Waals surface area contributed by atoms with Gasteiger partial charge in [-0.05, 0) is 25.3 Å². The summed E-state index contributed by atoms with van der Waals surface area (Å²) in [5.41, 5.74) is 7.16. The van der Waals surface area contributed by atoms with E-state index in [0.29, 0.717) is 30.8 Å². The summed E-state index contributed by atoms with van der Waals surface area (Å²) < 4.78 is 79.6. The van der Waals surface area contributed by atoms with Crippen molar-refractivity contribution in [3.05, 3.63) is 39.4 Å². The highest BCUT2D eigenvalue weighted by molar-refractivity contribution is 5.95. The Hall–Kier alpha value is -3.53. The molecule has 1 aliphatic carbocycles. The molecule has 0 bridgehead atoms. The average Bonchev–Trinajstić information content (AvgIpc) is 3.65. The number of carboxylic acids is 1. The number of carbonyl (C=O) groups is 3. The van der Waals surface area contributed by atoms with Crippen LogP contribution < -0.4 is 21.4 Å². The molecule has 16 heteroatoms. The van der Waals surface area contributed by atoms with E-state index in [4.69, 9.17) is 15.3 Å². The molecule has 0 radical (unpaired) electrons. The van der Waals surface area contributed by atoms with Crippen molar-refractivity contribution in [1.29, 1.82) is 0 Å². The summed E-state index contributed by atoms with van der Waals surface area (Å²) in [6.45, 7) is 1.74. The topological polar surface area (TPSA) is 135 Å². The van der Waals surface area contributed by atoms with E-state index < -0.39 is 42.1 Å². The summed E-state index contributed by atoms with van der Waals surface area (Å²) in [7, 11) is 0. The zero-order valence-corrected chi connectivity index (χ0v) is 20.0. The molecule has 214 valence electrons. The van der Waals surface area contributed by atoms with Crippen LogP contribution in [0.15, 0.2) is 17.1 Å². The molecule has 1 saturated carbocycles. The second-order valence-corrected chi connectivity index (χ2v) is 9.06. The Morgan fingerprint density at radius 2 is 1.64 bits per heavy atom. The normalized spacial score (nSPS) is 20.5. The molecule has 2 aromatic rings. The van der Waals surface area contributed by atoms with E-state index in [1.807, 2.05) is 9.47 Å². The largest absolute Gasteiger partial charge is 0.477 e. The molecule has 1 saturated heterocycles. The monoisotopic (exact) mass is 568 g/mol. The number of halogens is 7. The van der Waals surface area contributed by atoms with E-state index in [1.165, 1.54) is 12.3 Å². The Bertz CT molecular complexity index is 1300. The van der Waals surface area contributed by atoms with Crippen molar-refractivity contribution >= 4 is 35.1 Å². The third kappa shape index (κ3) is 6.92. The van der Waals surface area contributed by atoms with Gasteiger partial charge in [-0.2, -0.15) is 26.3 Å². The van der Waals surface area contributed by atoms with Gasteiger partial charge in [0.2, 0.25) is 18.0 Å². The molecule has 3 aliphatic rings. The number of rotatable bonds is 2. The SMILES string of the molecule is N[C@@H]1CCN2c3c(F)cc4c(=O)c(C(=O)O)cn(C5CC5)c4c3CNC[C@H]12.O=CC(F)(F)F.O=CC(F)(F)F. The summed E-state index contributed by atoms with van der Waals surface area (Å²) in [5, 5.41) is 12.9. The van der Waals surface area contributed by atoms with Gasteiger partial charge in [0, 0.05) is 48.9 Å². The first-order chi connectivity index (χ1) is 18.1. The van der Waals surface area contributed by atoms with Crippen molar-refractivity contribution in [2.75, 3.05) is 18.0 Å². The molecule has 9 nitrogen and oxygen atoms in total. The lowest BCUT2D eigenvalue weighted by atomic mass is 10.0. The zero-order valence-electron chi connectivity index (χ0n) is 20.0. The Morgan fingerprint density at radius 3 is 2.13 bits per heavy atom. The fourth-order valence-electron chi connectivity index (χ4n) is 4.59. The second-order valence-electron chi connectivity index (χ2n) is 9.06. The number of nitrogens with zero attached hydrogens (tertiary/aromatic N) is 2. The third-order valence-electron chi connectivity index (χ3n) is 6.32. The molecule has 0 unspecified atom stereocenters. The van der Waals surface area contributed by atoms with Gasteiger partial charge in [-0.25, -0.2) is 9.18 Å². The molecule has 5 rings (SSSR count). The zero-order chi connectivity index (χ0) is 29.3. The number of aromatic carboxylic acids is 1. The molecule has 1 aromatic heterocycles. The smallest absolute Gasteiger partial charge is 0.446 e. The number of carbonyl (C=O) groups excluding carboxylic acids is 2. The van der Waals surface area contributed by atoms with Crippen LogP contribution >= 0.6 is 0 Å². The van der Waals surface area contributed by atoms with Crippen LogP contribution in [0.25, 0.3) is 10.9 Å². The molecule has 1 aromatic carbocycles. The van der Waals surface area contributed by atoms with E-state index in [9.17, 15) is 41.0 Å². The van der Waals surface area contributed by atoms with Crippen LogP contribution in [0.3, 0.4) is 0 Å². The number of aromatic nitrogens is 1. The average molecular weight is 568 g/mol. The lowest BCUT2D eigenvalue weighted by Gasteiger charge is -2.28. The van der Waals surface area contributed by atoms with Crippen LogP contribution in [0.1, 0.15) is 41.2 Å². The predicted octanol–water partition coefficient (Wildman–Crippen LogP) is 2.68. The highest BCUT2D eigenvalue weighted by Gasteiger charge is 2.38. The van der Waals surface area contributed by atoms with Crippen LogP contribution in [0.4, 0.5) is 36.4 Å². The minimum atomic E-state index is -4.64. The molecular weight excluding hydrogens is 545 g/mol. The maximum Gasteiger partial charge on any atom is 0.446 e. The molecule has 39 heavy (non-hydrogen) atoms. The maximum absolute atomic E-state index is 15.2. The fourth-order valence-corrected chi connectivity index (χ4v) is 4.59. The Morgan fingerprint density at radius 1 is 1.08 bits per heavy atom. The van der Waals surface area contributed by atoms with Crippen LogP contribution in [0.2, 0.25) is 0 Å². The van der Waals surface area contributed by atoms with Crippen LogP contribution in [0.5, 0.6) is 0 Å². The number of benzene rings is 1. The van der Waals surface area contributed by atoms with Gasteiger partial charge in [0.25, 0.3) is 0 Å². The van der Waals surface area contributed by atoms with Gasteiger partial charge in [-0.3, -0.25) is 14.4 Å². The number of alkyl halides is 6. The third-order valence-corrected chi connectivity index (χ3v) is 6.32. The molecule has 3 heterocycles. The van der Waals surface area contributed by atoms with Gasteiger partial charge < -0.3 is 25.6 Å². The van der Waals surface area contributed by atoms with Crippen molar-refractivity contribution < 1.29 is 50.2 Å². The standard InChI is InChI=1S/C19H21FN4O3.2C2HF3O/c20-13-5-10-16(24(9-1-2-9)8-12(18(10)25)19(26)27)11-6-22-7-15-14(21)3-4-23(15)17(11)13;2*3-2(4,5)1-6/h5,8-9,14-15,22H,1-4,6-7,21H2,(H,26,27);2*1H/t14-,15-;;/m1../s1. The van der Waals surface area contributed by atoms with Gasteiger partial charge in [0.1, 0.15) is 11.4 Å². The number of anilines is 1. The van der Waals surface area contributed by atoms with Crippen LogP contribution in [-0.4, -0.2) is 65.7 Å². The highest BCUT2D eigenvalue weighted by Crippen LogP contribution is 2.42. The number of pyridine rings is 1. The summed E-state index contributed by atoms with van der Waals surface area (Å²) >= 11 is 0. The minimum Gasteiger partial charge on any atom is -0.477 e. The van der Waals surface area contributed by atoms with Gasteiger partial charge >= 0.3 is 18.3 Å². The number of aldehydes is 2. The van der Waals surface area contributed by atoms with E-state index in [-0.39, 0.29) is 29.1 Å². The second kappa shape index (κ2) is 11.3. The van der Waals surface area contributed by atoms with Crippen LogP contribution in [0, 0.1) is 5.82 Å². The van der Waals surface area contributed by atoms with Crippen LogP contribution in [-0.2, 0) is 16.1 Å². The molecule has 0 amide bonds. The lowest BCUT2D eigenvalue weighted by molar-refractivity contribution is -0.156. The highest BCUT2D eigenvalue weighted by atomic mass is 19.4. The van der Waals surface area contributed by atoms with Crippen molar-refractivity contribution in [3.63, 3.8) is 0 Å². The van der Waals surface area contributed by atoms with Crippen molar-refractivity contribution in [2.24, 2.45) is 5.73 Å².